The summed E-state index contributed by atoms with van der Waals surface area (Å²) < 4.78 is 0. The molecule has 0 aromatic heterocycles. The lowest BCUT2D eigenvalue weighted by molar-refractivity contribution is 0.211. The van der Waals surface area contributed by atoms with Crippen molar-refractivity contribution in [3.05, 3.63) is 0 Å². The zero-order chi connectivity index (χ0) is 8.97. The smallest absolute Gasteiger partial charge is 0.0558 e. The maximum atomic E-state index is 8.77. The molecule has 0 radical (unpaired) electrons. The van der Waals surface area contributed by atoms with E-state index in [0.29, 0.717) is 6.61 Å². The lowest BCUT2D eigenvalue weighted by Gasteiger charge is -2.18. The summed E-state index contributed by atoms with van der Waals surface area (Å²) in [4.78, 5) is 2.37. The summed E-state index contributed by atoms with van der Waals surface area (Å²) in [5.74, 6) is 1.73. The predicted molar refractivity (Wildman–Crippen MR) is 51.1 cm³/mol. The highest BCUT2D eigenvalue weighted by atomic mass is 16.3. The van der Waals surface area contributed by atoms with E-state index in [-0.39, 0.29) is 0 Å². The summed E-state index contributed by atoms with van der Waals surface area (Å²) in [5.41, 5.74) is 0. The molecule has 1 fully saturated rings. The normalized spacial score (nSPS) is 27.8. The first kappa shape index (κ1) is 10.0. The highest BCUT2D eigenvalue weighted by Crippen LogP contribution is 2.25. The molecule has 2 nitrogen and oxygen atoms in total. The van der Waals surface area contributed by atoms with E-state index >= 15 is 0 Å². The summed E-state index contributed by atoms with van der Waals surface area (Å²) in [6, 6.07) is 0. The first-order chi connectivity index (χ1) is 5.77. The van der Waals surface area contributed by atoms with Crippen molar-refractivity contribution in [2.45, 2.75) is 26.7 Å². The predicted octanol–water partition coefficient (Wildman–Crippen LogP) is 1.35. The molecule has 0 amide bonds. The van der Waals surface area contributed by atoms with Crippen molar-refractivity contribution >= 4 is 0 Å². The second-order valence-electron chi connectivity index (χ2n) is 3.96. The average molecular weight is 171 g/mol. The van der Waals surface area contributed by atoms with Crippen molar-refractivity contribution in [3.8, 4) is 0 Å². The van der Waals surface area contributed by atoms with Gasteiger partial charge in [-0.25, -0.2) is 0 Å². The Morgan fingerprint density at radius 2 is 2.33 bits per heavy atom. The Morgan fingerprint density at radius 1 is 1.58 bits per heavy atom. The van der Waals surface area contributed by atoms with Crippen LogP contribution in [0.25, 0.3) is 0 Å². The minimum absolute atomic E-state index is 0.313. The molecule has 0 saturated carbocycles. The third-order valence-corrected chi connectivity index (χ3v) is 3.17. The Morgan fingerprint density at radius 3 is 2.92 bits per heavy atom. The SMILES string of the molecule is CCC(C)C1CCN(CCO)C1. The number of hydrogen-bond acceptors (Lipinski definition) is 2. The Hall–Kier alpha value is -0.0800. The van der Waals surface area contributed by atoms with E-state index in [9.17, 15) is 0 Å². The van der Waals surface area contributed by atoms with E-state index in [4.69, 9.17) is 5.11 Å². The van der Waals surface area contributed by atoms with Crippen molar-refractivity contribution in [2.75, 3.05) is 26.2 Å². The molecule has 1 saturated heterocycles. The van der Waals surface area contributed by atoms with E-state index in [1.54, 1.807) is 0 Å². The van der Waals surface area contributed by atoms with Gasteiger partial charge in [0.05, 0.1) is 6.61 Å². The Bertz CT molecular complexity index is 127. The Labute approximate surface area is 75.6 Å². The van der Waals surface area contributed by atoms with Gasteiger partial charge in [-0.2, -0.15) is 0 Å². The number of β-amino-alcohol motifs (C(OH)–C–C–N with tert-alkyl or cyclic N) is 1. The minimum atomic E-state index is 0.313. The van der Waals surface area contributed by atoms with Crippen molar-refractivity contribution in [3.63, 3.8) is 0 Å². The van der Waals surface area contributed by atoms with Gasteiger partial charge in [-0.1, -0.05) is 20.3 Å². The number of likely N-dealkylation sites (tertiary alicyclic amines) is 1. The molecule has 0 aromatic rings. The quantitative estimate of drug-likeness (QED) is 0.690. The third kappa shape index (κ3) is 2.46. The van der Waals surface area contributed by atoms with Crippen LogP contribution in [0.5, 0.6) is 0 Å². The molecule has 2 unspecified atom stereocenters. The molecule has 1 aliphatic heterocycles. The van der Waals surface area contributed by atoms with Gasteiger partial charge in [-0.3, -0.25) is 0 Å². The first-order valence-electron chi connectivity index (χ1n) is 5.11. The second kappa shape index (κ2) is 4.83. The molecule has 1 heterocycles. The third-order valence-electron chi connectivity index (χ3n) is 3.17. The Kier molecular flexibility index (Phi) is 4.02. The van der Waals surface area contributed by atoms with E-state index in [0.717, 1.165) is 18.4 Å². The van der Waals surface area contributed by atoms with E-state index in [2.05, 4.69) is 18.7 Å². The van der Waals surface area contributed by atoms with Crippen LogP contribution >= 0.6 is 0 Å². The second-order valence-corrected chi connectivity index (χ2v) is 3.96. The monoisotopic (exact) mass is 171 g/mol. The Balaban J connectivity index is 2.25. The molecular formula is C10H21NO. The van der Waals surface area contributed by atoms with Crippen LogP contribution in [0.15, 0.2) is 0 Å². The van der Waals surface area contributed by atoms with Gasteiger partial charge in [0.15, 0.2) is 0 Å². The van der Waals surface area contributed by atoms with Crippen LogP contribution in [0.1, 0.15) is 26.7 Å². The van der Waals surface area contributed by atoms with Crippen molar-refractivity contribution in [1.82, 2.24) is 4.90 Å². The topological polar surface area (TPSA) is 23.5 Å². The molecule has 12 heavy (non-hydrogen) atoms. The molecule has 1 rings (SSSR count). The van der Waals surface area contributed by atoms with Crippen LogP contribution < -0.4 is 0 Å². The largest absolute Gasteiger partial charge is 0.395 e. The van der Waals surface area contributed by atoms with Crippen LogP contribution in [-0.4, -0.2) is 36.2 Å². The van der Waals surface area contributed by atoms with E-state index in [1.807, 2.05) is 0 Å². The fraction of sp³-hybridized carbons (Fsp3) is 1.00. The molecule has 1 N–H and O–H groups in total. The van der Waals surface area contributed by atoms with Gasteiger partial charge in [-0.05, 0) is 24.8 Å². The maximum Gasteiger partial charge on any atom is 0.0558 e. The molecule has 0 spiro atoms. The summed E-state index contributed by atoms with van der Waals surface area (Å²) in [6.45, 7) is 8.18. The summed E-state index contributed by atoms with van der Waals surface area (Å²) in [6.07, 6.45) is 2.62. The van der Waals surface area contributed by atoms with Crippen LogP contribution in [-0.2, 0) is 0 Å². The summed E-state index contributed by atoms with van der Waals surface area (Å²) in [5, 5.41) is 8.77. The van der Waals surface area contributed by atoms with Crippen molar-refractivity contribution in [2.24, 2.45) is 11.8 Å². The molecule has 0 aromatic carbocycles. The van der Waals surface area contributed by atoms with Crippen LogP contribution in [0, 0.1) is 11.8 Å². The maximum absolute atomic E-state index is 8.77. The zero-order valence-corrected chi connectivity index (χ0v) is 8.29. The fourth-order valence-electron chi connectivity index (χ4n) is 2.00. The summed E-state index contributed by atoms with van der Waals surface area (Å²) >= 11 is 0. The molecule has 2 heteroatoms. The number of rotatable bonds is 4. The molecule has 72 valence electrons. The fourth-order valence-corrected chi connectivity index (χ4v) is 2.00. The van der Waals surface area contributed by atoms with Gasteiger partial charge in [0.1, 0.15) is 0 Å². The number of aliphatic hydroxyl groups excluding tert-OH is 1. The first-order valence-corrected chi connectivity index (χ1v) is 5.11. The van der Waals surface area contributed by atoms with E-state index in [1.165, 1.54) is 25.9 Å². The molecule has 0 aliphatic carbocycles. The van der Waals surface area contributed by atoms with Gasteiger partial charge in [-0.15, -0.1) is 0 Å². The van der Waals surface area contributed by atoms with Gasteiger partial charge < -0.3 is 10.0 Å². The van der Waals surface area contributed by atoms with Crippen molar-refractivity contribution < 1.29 is 5.11 Å². The number of aliphatic hydroxyl groups is 1. The standard InChI is InChI=1S/C10H21NO/c1-3-9(2)10-4-5-11(8-10)6-7-12/h9-10,12H,3-8H2,1-2H3. The minimum Gasteiger partial charge on any atom is -0.395 e. The highest BCUT2D eigenvalue weighted by molar-refractivity contribution is 4.78. The van der Waals surface area contributed by atoms with E-state index < -0.39 is 0 Å². The number of nitrogens with zero attached hydrogens (tertiary/aromatic N) is 1. The van der Waals surface area contributed by atoms with Crippen molar-refractivity contribution in [1.29, 1.82) is 0 Å². The zero-order valence-electron chi connectivity index (χ0n) is 8.29. The average Bonchev–Trinajstić information content (AvgIpc) is 2.52. The lowest BCUT2D eigenvalue weighted by atomic mass is 9.91. The van der Waals surface area contributed by atoms with Gasteiger partial charge in [0.2, 0.25) is 0 Å². The molecular weight excluding hydrogens is 150 g/mol. The molecule has 0 bridgehead atoms. The highest BCUT2D eigenvalue weighted by Gasteiger charge is 2.25. The molecule has 2 atom stereocenters. The summed E-state index contributed by atoms with van der Waals surface area (Å²) in [7, 11) is 0. The van der Waals surface area contributed by atoms with Crippen LogP contribution in [0.4, 0.5) is 0 Å². The molecule has 1 aliphatic rings. The van der Waals surface area contributed by atoms with Crippen LogP contribution in [0.2, 0.25) is 0 Å². The number of hydrogen-bond donors (Lipinski definition) is 1. The van der Waals surface area contributed by atoms with Gasteiger partial charge in [0, 0.05) is 13.1 Å². The van der Waals surface area contributed by atoms with Crippen LogP contribution in [0.3, 0.4) is 0 Å². The lowest BCUT2D eigenvalue weighted by Crippen LogP contribution is -2.25. The van der Waals surface area contributed by atoms with Gasteiger partial charge >= 0.3 is 0 Å². The van der Waals surface area contributed by atoms with Gasteiger partial charge in [0.25, 0.3) is 0 Å².